The van der Waals surface area contributed by atoms with E-state index in [0.717, 1.165) is 0 Å². The van der Waals surface area contributed by atoms with E-state index in [9.17, 15) is 0 Å². The summed E-state index contributed by atoms with van der Waals surface area (Å²) in [6, 6.07) is 0. The van der Waals surface area contributed by atoms with E-state index in [1.807, 2.05) is 0 Å². The zero-order valence-corrected chi connectivity index (χ0v) is 5.13. The van der Waals surface area contributed by atoms with E-state index in [2.05, 4.69) is 10.5 Å². The lowest BCUT2D eigenvalue weighted by molar-refractivity contribution is 1.68. The van der Waals surface area contributed by atoms with Crippen LogP contribution in [-0.2, 0) is 0 Å². The van der Waals surface area contributed by atoms with Crippen LogP contribution in [0.2, 0.25) is 0 Å². The van der Waals surface area contributed by atoms with Gasteiger partial charge in [-0.1, -0.05) is 11.8 Å². The average Bonchev–Trinajstić information content (AvgIpc) is 1.99. The molecule has 0 radical (unpaired) electrons. The largest absolute Gasteiger partial charge is 0.798 e. The third-order valence-corrected chi connectivity index (χ3v) is 1.03. The topological polar surface area (TPSA) is 36.4 Å². The van der Waals surface area contributed by atoms with Crippen molar-refractivity contribution in [3.05, 3.63) is 23.6 Å². The van der Waals surface area contributed by atoms with Gasteiger partial charge < -0.3 is 5.41 Å². The number of nitrogens with zero attached hydrogens (tertiary/aromatic N) is 2. The maximum absolute atomic E-state index is 9.00. The lowest BCUT2D eigenvalue weighted by atomic mass is 10.2. The molecule has 0 aromatic heterocycles. The Bertz CT molecular complexity index is 259. The van der Waals surface area contributed by atoms with Gasteiger partial charge in [-0.05, 0) is 10.7 Å². The smallest absolute Gasteiger partial charge is 0.311 e. The molecule has 0 aromatic carbocycles. The molecule has 0 unspecified atom stereocenters. The number of hydrogen-bond donors (Lipinski definition) is 0. The minimum atomic E-state index is 0.205. The van der Waals surface area contributed by atoms with Crippen molar-refractivity contribution in [1.29, 1.82) is 0 Å². The minimum Gasteiger partial charge on any atom is -0.798 e. The Kier molecular flexibility index (Phi) is 1.46. The molecular formula is C7H6N2. The molecule has 1 heterocycles. The van der Waals surface area contributed by atoms with E-state index in [-0.39, 0.29) is 5.71 Å². The van der Waals surface area contributed by atoms with Gasteiger partial charge in [0.15, 0.2) is 0 Å². The second-order valence-corrected chi connectivity index (χ2v) is 1.74. The van der Waals surface area contributed by atoms with Gasteiger partial charge in [0.05, 0.1) is 6.08 Å². The van der Waals surface area contributed by atoms with E-state index in [4.69, 9.17) is 5.41 Å². The van der Waals surface area contributed by atoms with Gasteiger partial charge in [-0.2, -0.15) is 0 Å². The molecule has 44 valence electrons. The van der Waals surface area contributed by atoms with Crippen LogP contribution in [0.3, 0.4) is 0 Å². The molecule has 0 aromatic rings. The summed E-state index contributed by atoms with van der Waals surface area (Å²) < 4.78 is 3.77. The Labute approximate surface area is 53.5 Å². The molecule has 2 nitrogen and oxygen atoms in total. The maximum atomic E-state index is 9.00. The fourth-order valence-corrected chi connectivity index (χ4v) is 0.494. The Morgan fingerprint density at radius 1 is 1.67 bits per heavy atom. The number of hydrogen-bond acceptors (Lipinski definition) is 0. The standard InChI is InChI=1S/C7H6N2/c1-6-7(8)4-2-3-5-9-6/h2-4H,1H3. The van der Waals surface area contributed by atoms with Crippen molar-refractivity contribution in [1.82, 2.24) is 4.67 Å². The van der Waals surface area contributed by atoms with Gasteiger partial charge in [-0.15, -0.1) is 0 Å². The van der Waals surface area contributed by atoms with Gasteiger partial charge in [-0.3, -0.25) is 0 Å². The van der Waals surface area contributed by atoms with Crippen LogP contribution in [0.5, 0.6) is 0 Å². The van der Waals surface area contributed by atoms with Gasteiger partial charge in [0.1, 0.15) is 0 Å². The van der Waals surface area contributed by atoms with Gasteiger partial charge in [-0.25, -0.2) is 0 Å². The van der Waals surface area contributed by atoms with Gasteiger partial charge in [0, 0.05) is 6.92 Å². The quantitative estimate of drug-likeness (QED) is 0.411. The van der Waals surface area contributed by atoms with Crippen LogP contribution in [-0.4, -0.2) is 17.3 Å². The average molecular weight is 118 g/mol. The Morgan fingerprint density at radius 3 is 3.22 bits per heavy atom. The molecule has 0 aliphatic carbocycles. The van der Waals surface area contributed by atoms with Crippen molar-refractivity contribution in [2.75, 3.05) is 0 Å². The Balaban J connectivity index is 3.16. The highest BCUT2D eigenvalue weighted by atomic mass is 14.6. The molecule has 0 amide bonds. The summed E-state index contributed by atoms with van der Waals surface area (Å²) in [5, 5.41) is 9.00. The molecule has 0 saturated carbocycles. The van der Waals surface area contributed by atoms with E-state index in [0.29, 0.717) is 5.71 Å². The second kappa shape index (κ2) is 2.27. The van der Waals surface area contributed by atoms with Crippen LogP contribution in [0.25, 0.3) is 5.41 Å². The third kappa shape index (κ3) is 1.26. The molecule has 0 N–H and O–H groups in total. The summed E-state index contributed by atoms with van der Waals surface area (Å²) in [5.41, 5.74) is 0.802. The molecule has 1 rings (SSSR count). The molecule has 0 bridgehead atoms. The van der Waals surface area contributed by atoms with Crippen LogP contribution in [0, 0.1) is 0 Å². The normalized spacial score (nSPS) is 15.7. The summed E-state index contributed by atoms with van der Waals surface area (Å²) >= 11 is 0. The molecule has 0 spiro atoms. The second-order valence-electron chi connectivity index (χ2n) is 1.74. The number of allylic oxidation sites excluding steroid dienone is 3. The molecular weight excluding hydrogens is 112 g/mol. The summed E-state index contributed by atoms with van der Waals surface area (Å²) in [7, 11) is 0. The van der Waals surface area contributed by atoms with Crippen molar-refractivity contribution < 1.29 is 0 Å². The zero-order valence-electron chi connectivity index (χ0n) is 5.13. The maximum Gasteiger partial charge on any atom is 0.311 e. The summed E-state index contributed by atoms with van der Waals surface area (Å²) in [6.45, 7) is 1.73. The summed E-state index contributed by atoms with van der Waals surface area (Å²) in [5.74, 6) is 2.62. The molecule has 2 heteroatoms. The number of rotatable bonds is 0. The lowest BCUT2D eigenvalue weighted by Gasteiger charge is -1.91. The summed E-state index contributed by atoms with van der Waals surface area (Å²) in [4.78, 5) is 0. The van der Waals surface area contributed by atoms with Gasteiger partial charge in [0.2, 0.25) is 0 Å². The predicted molar refractivity (Wildman–Crippen MR) is 39.9 cm³/mol. The fourth-order valence-electron chi connectivity index (χ4n) is 0.494. The van der Waals surface area contributed by atoms with E-state index in [1.54, 1.807) is 25.2 Å². The zero-order chi connectivity index (χ0) is 6.69. The molecule has 9 heavy (non-hydrogen) atoms. The highest BCUT2D eigenvalue weighted by molar-refractivity contribution is 6.47. The molecule has 1 aliphatic heterocycles. The van der Waals surface area contributed by atoms with Crippen molar-refractivity contribution in [3.63, 3.8) is 0 Å². The highest BCUT2D eigenvalue weighted by Gasteiger charge is 1.97. The van der Waals surface area contributed by atoms with Crippen LogP contribution in [0.4, 0.5) is 0 Å². The van der Waals surface area contributed by atoms with Crippen molar-refractivity contribution in [2.24, 2.45) is 0 Å². The molecule has 0 fully saturated rings. The van der Waals surface area contributed by atoms with E-state index in [1.165, 1.54) is 0 Å². The predicted octanol–water partition coefficient (Wildman–Crippen LogP) is 0.321. The van der Waals surface area contributed by atoms with Crippen LogP contribution < -0.4 is 4.67 Å². The van der Waals surface area contributed by atoms with Crippen LogP contribution >= 0.6 is 0 Å². The van der Waals surface area contributed by atoms with Gasteiger partial charge in [0.25, 0.3) is 5.71 Å². The van der Waals surface area contributed by atoms with Crippen LogP contribution in [0.1, 0.15) is 6.92 Å². The van der Waals surface area contributed by atoms with Crippen molar-refractivity contribution in [3.8, 4) is 0 Å². The third-order valence-electron chi connectivity index (χ3n) is 1.03. The first-order valence-electron chi connectivity index (χ1n) is 2.66. The fraction of sp³-hybridized carbons (Fsp3) is 0.143. The van der Waals surface area contributed by atoms with Crippen LogP contribution in [0.15, 0.2) is 18.2 Å². The van der Waals surface area contributed by atoms with Crippen molar-refractivity contribution in [2.45, 2.75) is 6.92 Å². The Hall–Kier alpha value is -1.36. The van der Waals surface area contributed by atoms with E-state index >= 15 is 0 Å². The lowest BCUT2D eigenvalue weighted by Crippen LogP contribution is -2.06. The van der Waals surface area contributed by atoms with Gasteiger partial charge >= 0.3 is 5.87 Å². The SMILES string of the molecule is CC1=[N+]=C=CC=CC1=[N-]. The minimum absolute atomic E-state index is 0.205. The van der Waals surface area contributed by atoms with Crippen molar-refractivity contribution >= 4 is 17.3 Å². The first-order valence-corrected chi connectivity index (χ1v) is 2.66. The molecule has 0 saturated heterocycles. The molecule has 0 atom stereocenters. The first-order chi connectivity index (χ1) is 4.30. The highest BCUT2D eigenvalue weighted by Crippen LogP contribution is 1.82. The molecule has 1 aliphatic rings. The first kappa shape index (κ1) is 5.77. The Morgan fingerprint density at radius 2 is 2.44 bits per heavy atom. The monoisotopic (exact) mass is 118 g/mol. The van der Waals surface area contributed by atoms with E-state index < -0.39 is 0 Å². The summed E-state index contributed by atoms with van der Waals surface area (Å²) in [6.07, 6.45) is 4.92.